The molecular weight excluding hydrogens is 336 g/mol. The summed E-state index contributed by atoms with van der Waals surface area (Å²) in [7, 11) is 1.22. The first-order valence-electron chi connectivity index (χ1n) is 8.72. The van der Waals surface area contributed by atoms with Crippen LogP contribution in [0.3, 0.4) is 0 Å². The topological polar surface area (TPSA) is 54.0 Å². The summed E-state index contributed by atoms with van der Waals surface area (Å²) < 4.78 is 21.6. The maximum absolute atomic E-state index is 11.1. The van der Waals surface area contributed by atoms with Crippen molar-refractivity contribution >= 4 is 14.3 Å². The number of esters is 1. The van der Waals surface area contributed by atoms with Crippen molar-refractivity contribution in [1.29, 1.82) is 0 Å². The minimum Gasteiger partial charge on any atom is -0.466 e. The van der Waals surface area contributed by atoms with Crippen LogP contribution in [-0.4, -0.2) is 48.0 Å². The molecule has 0 aliphatic rings. The number of ether oxygens (including phenoxy) is 3. The van der Waals surface area contributed by atoms with Gasteiger partial charge >= 0.3 is 5.97 Å². The number of hydrogen-bond donors (Lipinski definition) is 0. The van der Waals surface area contributed by atoms with E-state index in [0.717, 1.165) is 6.42 Å². The van der Waals surface area contributed by atoms with Gasteiger partial charge in [-0.1, -0.05) is 45.9 Å². The second kappa shape index (κ2) is 11.6. The van der Waals surface area contributed by atoms with E-state index in [-0.39, 0.29) is 29.8 Å². The van der Waals surface area contributed by atoms with Crippen LogP contribution in [0.2, 0.25) is 18.1 Å². The van der Waals surface area contributed by atoms with Gasteiger partial charge in [0.05, 0.1) is 13.2 Å². The number of carbonyl (C=O) groups is 1. The van der Waals surface area contributed by atoms with Gasteiger partial charge in [0, 0.05) is 25.7 Å². The molecule has 0 saturated carbocycles. The first-order chi connectivity index (χ1) is 11.5. The summed E-state index contributed by atoms with van der Waals surface area (Å²) in [5.41, 5.74) is 0. The second-order valence-electron chi connectivity index (χ2n) is 7.64. The van der Waals surface area contributed by atoms with Crippen LogP contribution < -0.4 is 0 Å². The van der Waals surface area contributed by atoms with Crippen LogP contribution in [0.5, 0.6) is 0 Å². The molecule has 0 aliphatic heterocycles. The first kappa shape index (κ1) is 24.0. The Kier molecular flexibility index (Phi) is 11.2. The summed E-state index contributed by atoms with van der Waals surface area (Å²) >= 11 is 0. The molecule has 0 N–H and O–H groups in total. The van der Waals surface area contributed by atoms with Crippen molar-refractivity contribution in [2.24, 2.45) is 5.92 Å². The minimum atomic E-state index is -1.75. The number of allylic oxidation sites excluding steroid dienone is 2. The highest BCUT2D eigenvalue weighted by Gasteiger charge is 2.37. The number of carbonyl (C=O) groups excluding carboxylic acids is 1. The third kappa shape index (κ3) is 9.94. The Morgan fingerprint density at radius 3 is 2.32 bits per heavy atom. The van der Waals surface area contributed by atoms with E-state index in [1.54, 1.807) is 13.2 Å². The lowest BCUT2D eigenvalue weighted by molar-refractivity contribution is -0.134. The zero-order valence-electron chi connectivity index (χ0n) is 17.1. The van der Waals surface area contributed by atoms with Crippen LogP contribution in [0.15, 0.2) is 24.3 Å². The Morgan fingerprint density at radius 1 is 1.16 bits per heavy atom. The summed E-state index contributed by atoms with van der Waals surface area (Å²) in [4.78, 5) is 11.1. The van der Waals surface area contributed by atoms with Crippen LogP contribution in [0.4, 0.5) is 0 Å². The summed E-state index contributed by atoms with van der Waals surface area (Å²) in [5, 5.41) is 0.195. The van der Waals surface area contributed by atoms with Crippen LogP contribution in [0.25, 0.3) is 0 Å². The minimum absolute atomic E-state index is 0.00695. The molecule has 0 spiro atoms. The van der Waals surface area contributed by atoms with Gasteiger partial charge in [-0.25, -0.2) is 4.79 Å². The average Bonchev–Trinajstić information content (AvgIpc) is 2.52. The fourth-order valence-electron chi connectivity index (χ4n) is 1.87. The lowest BCUT2D eigenvalue weighted by Crippen LogP contribution is -2.41. The van der Waals surface area contributed by atoms with E-state index in [1.807, 2.05) is 12.2 Å². The normalized spacial score (nSPS) is 15.7. The maximum atomic E-state index is 11.1. The van der Waals surface area contributed by atoms with Crippen molar-refractivity contribution < 1.29 is 23.4 Å². The smallest absolute Gasteiger partial charge is 0.330 e. The van der Waals surface area contributed by atoms with Crippen LogP contribution in [-0.2, 0) is 23.4 Å². The molecule has 0 rings (SSSR count). The lowest BCUT2D eigenvalue weighted by Gasteiger charge is -2.36. The van der Waals surface area contributed by atoms with E-state index in [0.29, 0.717) is 6.61 Å². The molecule has 0 aromatic carbocycles. The predicted molar refractivity (Wildman–Crippen MR) is 104 cm³/mol. The zero-order valence-corrected chi connectivity index (χ0v) is 18.1. The number of methoxy groups -OCH3 is 2. The van der Waals surface area contributed by atoms with Gasteiger partial charge in [-0.15, -0.1) is 0 Å². The van der Waals surface area contributed by atoms with Gasteiger partial charge in [0.1, 0.15) is 6.79 Å². The van der Waals surface area contributed by atoms with Gasteiger partial charge in [-0.2, -0.15) is 0 Å². The fourth-order valence-corrected chi connectivity index (χ4v) is 2.93. The Balaban J connectivity index is 4.65. The Labute approximate surface area is 154 Å². The van der Waals surface area contributed by atoms with Crippen molar-refractivity contribution in [2.45, 2.75) is 58.4 Å². The third-order valence-corrected chi connectivity index (χ3v) is 9.16. The Morgan fingerprint density at radius 2 is 1.80 bits per heavy atom. The van der Waals surface area contributed by atoms with Gasteiger partial charge in [-0.3, -0.25) is 0 Å². The molecule has 0 aliphatic carbocycles. The molecule has 25 heavy (non-hydrogen) atoms. The SMILES string of the molecule is COCO[C@@H](CCO[Si](C)(C)C(C)(C)C)[C@H](C)/C=C/C=C\C(=O)OC. The zero-order chi connectivity index (χ0) is 19.5. The van der Waals surface area contributed by atoms with Gasteiger partial charge in [0.2, 0.25) is 0 Å². The fraction of sp³-hybridized carbons (Fsp3) is 0.737. The monoisotopic (exact) mass is 372 g/mol. The molecule has 0 aromatic heterocycles. The lowest BCUT2D eigenvalue weighted by atomic mass is 10.0. The average molecular weight is 373 g/mol. The Hall–Kier alpha value is -0.953. The van der Waals surface area contributed by atoms with Crippen molar-refractivity contribution in [1.82, 2.24) is 0 Å². The molecule has 0 radical (unpaired) electrons. The van der Waals surface area contributed by atoms with E-state index >= 15 is 0 Å². The summed E-state index contributed by atoms with van der Waals surface area (Å²) in [5.74, 6) is -0.201. The van der Waals surface area contributed by atoms with Crippen LogP contribution in [0, 0.1) is 5.92 Å². The summed E-state index contributed by atoms with van der Waals surface area (Å²) in [6, 6.07) is 0. The molecule has 0 amide bonds. The second-order valence-corrected chi connectivity index (χ2v) is 12.4. The number of hydrogen-bond acceptors (Lipinski definition) is 5. The molecule has 0 heterocycles. The van der Waals surface area contributed by atoms with Gasteiger partial charge in [0.15, 0.2) is 8.32 Å². The van der Waals surface area contributed by atoms with Crippen molar-refractivity contribution in [3.8, 4) is 0 Å². The quantitative estimate of drug-likeness (QED) is 0.178. The molecule has 6 heteroatoms. The maximum Gasteiger partial charge on any atom is 0.330 e. The van der Waals surface area contributed by atoms with Crippen molar-refractivity contribution in [2.75, 3.05) is 27.6 Å². The molecule has 0 unspecified atom stereocenters. The van der Waals surface area contributed by atoms with Crippen LogP contribution >= 0.6 is 0 Å². The van der Waals surface area contributed by atoms with E-state index in [1.165, 1.54) is 13.2 Å². The molecule has 146 valence electrons. The van der Waals surface area contributed by atoms with Crippen LogP contribution in [0.1, 0.15) is 34.1 Å². The van der Waals surface area contributed by atoms with Gasteiger partial charge in [0.25, 0.3) is 0 Å². The number of rotatable bonds is 11. The predicted octanol–water partition coefficient (Wildman–Crippen LogP) is 4.31. The highest BCUT2D eigenvalue weighted by Crippen LogP contribution is 2.36. The van der Waals surface area contributed by atoms with E-state index in [9.17, 15) is 4.79 Å². The molecule has 5 nitrogen and oxygen atoms in total. The molecule has 0 fully saturated rings. The molecule has 0 bridgehead atoms. The van der Waals surface area contributed by atoms with E-state index in [2.05, 4.69) is 45.5 Å². The van der Waals surface area contributed by atoms with Gasteiger partial charge < -0.3 is 18.6 Å². The van der Waals surface area contributed by atoms with E-state index < -0.39 is 8.32 Å². The highest BCUT2D eigenvalue weighted by atomic mass is 28.4. The molecule has 2 atom stereocenters. The Bertz CT molecular complexity index is 438. The first-order valence-corrected chi connectivity index (χ1v) is 11.6. The highest BCUT2D eigenvalue weighted by molar-refractivity contribution is 6.74. The molecule has 0 aromatic rings. The standard InChI is InChI=1S/C19H36O5Si/c1-16(11-9-10-12-18(20)22-6)17(23-15-21-5)13-14-24-25(7,8)19(2,3)4/h9-12,16-17H,13-15H2,1-8H3/b11-9+,12-10-/t16-,17+/m1/s1. The summed E-state index contributed by atoms with van der Waals surface area (Å²) in [6.45, 7) is 14.2. The summed E-state index contributed by atoms with van der Waals surface area (Å²) in [6.07, 6.45) is 7.68. The molecule has 0 saturated heterocycles. The third-order valence-electron chi connectivity index (χ3n) is 4.62. The largest absolute Gasteiger partial charge is 0.466 e. The van der Waals surface area contributed by atoms with Crippen molar-refractivity contribution in [3.63, 3.8) is 0 Å². The molecular formula is C19H36O5Si. The van der Waals surface area contributed by atoms with Gasteiger partial charge in [-0.05, 0) is 24.6 Å². The van der Waals surface area contributed by atoms with E-state index in [4.69, 9.17) is 13.9 Å². The van der Waals surface area contributed by atoms with Crippen molar-refractivity contribution in [3.05, 3.63) is 24.3 Å².